The zero-order valence-corrected chi connectivity index (χ0v) is 29.1. The topological polar surface area (TPSA) is 43.2 Å². The first kappa shape index (κ1) is 29.0. The molecule has 3 aliphatic rings. The van der Waals surface area contributed by atoms with Crippen molar-refractivity contribution in [3.8, 4) is 28.6 Å². The quantitative estimate of drug-likeness (QED) is 0.180. The highest BCUT2D eigenvalue weighted by molar-refractivity contribution is 7.99. The highest BCUT2D eigenvalue weighted by atomic mass is 32.2. The van der Waals surface area contributed by atoms with Crippen molar-refractivity contribution in [2.45, 2.75) is 15.2 Å². The van der Waals surface area contributed by atoms with Crippen LogP contribution in [0.4, 0.5) is 17.1 Å². The van der Waals surface area contributed by atoms with Gasteiger partial charge < -0.3 is 14.2 Å². The number of aromatic nitrogens is 3. The van der Waals surface area contributed by atoms with Gasteiger partial charge in [-0.3, -0.25) is 9.97 Å². The van der Waals surface area contributed by atoms with E-state index in [-0.39, 0.29) is 0 Å². The molecule has 0 unspecified atom stereocenters. The van der Waals surface area contributed by atoms with Gasteiger partial charge in [-0.05, 0) is 77.9 Å². The molecule has 0 radical (unpaired) electrons. The molecule has 0 atom stereocenters. The van der Waals surface area contributed by atoms with Gasteiger partial charge in [0, 0.05) is 55.8 Å². The number of hydrogen-bond acceptors (Lipinski definition) is 5. The molecule has 5 nitrogen and oxygen atoms in total. The summed E-state index contributed by atoms with van der Waals surface area (Å²) in [4.78, 5) is 14.8. The number of ether oxygens (including phenoxy) is 1. The number of nitrogens with zero attached hydrogens (tertiary/aromatic N) is 4. The lowest BCUT2D eigenvalue weighted by atomic mass is 9.65. The minimum Gasteiger partial charge on any atom is -0.457 e. The van der Waals surface area contributed by atoms with Gasteiger partial charge in [-0.1, -0.05) is 96.7 Å². The normalized spacial score (nSPS) is 14.2. The Hall–Kier alpha value is -6.63. The van der Waals surface area contributed by atoms with Crippen LogP contribution in [0.25, 0.3) is 38.9 Å². The summed E-state index contributed by atoms with van der Waals surface area (Å²) in [5, 5.41) is 2.43. The Morgan fingerprint density at radius 1 is 0.491 bits per heavy atom. The van der Waals surface area contributed by atoms with Crippen LogP contribution in [-0.2, 0) is 5.41 Å². The average Bonchev–Trinajstić information content (AvgIpc) is 3.70. The third-order valence-electron chi connectivity index (χ3n) is 11.1. The fraction of sp³-hybridized carbons (Fsp3) is 0.0213. The number of pyridine rings is 2. The van der Waals surface area contributed by atoms with E-state index in [1.165, 1.54) is 20.6 Å². The van der Waals surface area contributed by atoms with Gasteiger partial charge in [0.2, 0.25) is 0 Å². The fourth-order valence-electron chi connectivity index (χ4n) is 9.13. The molecule has 0 saturated carbocycles. The lowest BCUT2D eigenvalue weighted by Gasteiger charge is -2.41. The third kappa shape index (κ3) is 3.77. The summed E-state index contributed by atoms with van der Waals surface area (Å²) in [6, 6.07) is 56.4. The molecular weight excluding hydrogens is 669 g/mol. The Labute approximate surface area is 309 Å². The molecule has 12 rings (SSSR count). The molecule has 6 heteroatoms. The van der Waals surface area contributed by atoms with Crippen LogP contribution in [0.3, 0.4) is 0 Å². The predicted molar refractivity (Wildman–Crippen MR) is 213 cm³/mol. The van der Waals surface area contributed by atoms with E-state index in [0.717, 1.165) is 78.9 Å². The molecule has 0 bridgehead atoms. The zero-order chi connectivity index (χ0) is 34.7. The number of anilines is 3. The Morgan fingerprint density at radius 3 is 1.74 bits per heavy atom. The van der Waals surface area contributed by atoms with Crippen molar-refractivity contribution in [2.75, 3.05) is 4.90 Å². The molecule has 53 heavy (non-hydrogen) atoms. The smallest absolute Gasteiger partial charge is 0.134 e. The van der Waals surface area contributed by atoms with Gasteiger partial charge in [0.15, 0.2) is 0 Å². The Balaban J connectivity index is 1.18. The number of fused-ring (bicyclic) bond motifs is 14. The molecule has 0 N–H and O–H groups in total. The Bertz CT molecular complexity index is 2860. The molecule has 1 aliphatic carbocycles. The minimum atomic E-state index is -0.759. The van der Waals surface area contributed by atoms with Crippen LogP contribution in [0, 0.1) is 0 Å². The van der Waals surface area contributed by atoms with Crippen molar-refractivity contribution in [3.63, 3.8) is 0 Å². The van der Waals surface area contributed by atoms with Crippen molar-refractivity contribution >= 4 is 50.6 Å². The van der Waals surface area contributed by atoms with Crippen LogP contribution in [0.2, 0.25) is 0 Å². The summed E-state index contributed by atoms with van der Waals surface area (Å²) in [6.45, 7) is 0. The number of para-hydroxylation sites is 4. The molecular formula is C47H28N4OS. The van der Waals surface area contributed by atoms with Crippen LogP contribution < -0.4 is 9.64 Å². The zero-order valence-electron chi connectivity index (χ0n) is 28.3. The Morgan fingerprint density at radius 2 is 1.08 bits per heavy atom. The first-order chi connectivity index (χ1) is 26.3. The van der Waals surface area contributed by atoms with Crippen molar-refractivity contribution in [2.24, 2.45) is 0 Å². The van der Waals surface area contributed by atoms with Gasteiger partial charge in [-0.25, -0.2) is 0 Å². The van der Waals surface area contributed by atoms with E-state index in [0.29, 0.717) is 0 Å². The molecule has 0 saturated heterocycles. The summed E-state index contributed by atoms with van der Waals surface area (Å²) in [5.41, 5.74) is 12.1. The lowest BCUT2D eigenvalue weighted by molar-refractivity contribution is 0.436. The number of hydrogen-bond donors (Lipinski definition) is 0. The van der Waals surface area contributed by atoms with E-state index >= 15 is 0 Å². The van der Waals surface area contributed by atoms with Gasteiger partial charge in [-0.15, -0.1) is 0 Å². The SMILES string of the molecule is c1ccc2c(c1)Sc1ccccc1N2c1ccc2c(c1)Oc1cccc(-n3c4ccccc4c4ccccc43)c1C21c2cccnc2-c2ncccc21. The van der Waals surface area contributed by atoms with Crippen molar-refractivity contribution in [1.82, 2.24) is 14.5 Å². The summed E-state index contributed by atoms with van der Waals surface area (Å²) < 4.78 is 9.59. The van der Waals surface area contributed by atoms with Crippen LogP contribution in [-0.4, -0.2) is 14.5 Å². The fourth-order valence-corrected chi connectivity index (χ4v) is 10.2. The average molecular weight is 697 g/mol. The highest BCUT2D eigenvalue weighted by Gasteiger charge is 2.54. The van der Waals surface area contributed by atoms with Gasteiger partial charge in [-0.2, -0.15) is 0 Å². The number of rotatable bonds is 2. The van der Waals surface area contributed by atoms with Crippen molar-refractivity contribution in [3.05, 3.63) is 192 Å². The molecule has 6 aromatic carbocycles. The summed E-state index contributed by atoms with van der Waals surface area (Å²) in [5.74, 6) is 1.63. The van der Waals surface area contributed by atoms with E-state index < -0.39 is 5.41 Å². The second-order valence-corrected chi connectivity index (χ2v) is 14.8. The van der Waals surface area contributed by atoms with Gasteiger partial charge >= 0.3 is 0 Å². The van der Waals surface area contributed by atoms with Gasteiger partial charge in [0.1, 0.15) is 11.5 Å². The molecule has 9 aromatic rings. The van der Waals surface area contributed by atoms with E-state index in [4.69, 9.17) is 14.7 Å². The van der Waals surface area contributed by atoms with E-state index in [1.54, 1.807) is 0 Å². The highest BCUT2D eigenvalue weighted by Crippen LogP contribution is 2.63. The van der Waals surface area contributed by atoms with Crippen molar-refractivity contribution in [1.29, 1.82) is 0 Å². The first-order valence-electron chi connectivity index (χ1n) is 17.8. The second kappa shape index (κ2) is 10.7. The minimum absolute atomic E-state index is 0.759. The maximum absolute atomic E-state index is 7.18. The first-order valence-corrected chi connectivity index (χ1v) is 18.6. The predicted octanol–water partition coefficient (Wildman–Crippen LogP) is 12.0. The maximum atomic E-state index is 7.18. The lowest BCUT2D eigenvalue weighted by Crippen LogP contribution is -2.34. The molecule has 248 valence electrons. The number of benzene rings is 6. The maximum Gasteiger partial charge on any atom is 0.134 e. The van der Waals surface area contributed by atoms with Crippen LogP contribution in [0.5, 0.6) is 11.5 Å². The largest absolute Gasteiger partial charge is 0.457 e. The molecule has 1 spiro atoms. The van der Waals surface area contributed by atoms with Crippen LogP contribution in [0.1, 0.15) is 22.3 Å². The Kier molecular flexibility index (Phi) is 5.85. The van der Waals surface area contributed by atoms with Crippen LogP contribution >= 0.6 is 11.8 Å². The molecule has 5 heterocycles. The van der Waals surface area contributed by atoms with E-state index in [2.05, 4.69) is 167 Å². The van der Waals surface area contributed by atoms with Gasteiger partial charge in [0.25, 0.3) is 0 Å². The third-order valence-corrected chi connectivity index (χ3v) is 12.3. The summed E-state index contributed by atoms with van der Waals surface area (Å²) in [7, 11) is 0. The van der Waals surface area contributed by atoms with E-state index in [1.807, 2.05) is 24.2 Å². The molecule has 2 aliphatic heterocycles. The van der Waals surface area contributed by atoms with Gasteiger partial charge in [0.05, 0.1) is 44.9 Å². The van der Waals surface area contributed by atoms with Crippen LogP contribution in [0.15, 0.2) is 180 Å². The molecule has 0 amide bonds. The standard InChI is InChI=1S/C47H28N4OS/c1-3-16-35-30(12-1)31-13-2-4-17-36(31)51(35)39-20-9-21-40-44(39)47(33-14-10-26-48-45(33)46-34(47)15-11-27-49-46)32-25-24-29(28-41(32)52-40)50-37-18-5-7-22-42(37)53-43-23-8-6-19-38(43)50/h1-28H. The molecule has 0 fully saturated rings. The molecule has 3 aromatic heterocycles. The summed E-state index contributed by atoms with van der Waals surface area (Å²) in [6.07, 6.45) is 3.76. The summed E-state index contributed by atoms with van der Waals surface area (Å²) >= 11 is 1.81. The second-order valence-electron chi connectivity index (χ2n) is 13.7. The van der Waals surface area contributed by atoms with E-state index in [9.17, 15) is 0 Å². The van der Waals surface area contributed by atoms with Crippen molar-refractivity contribution < 1.29 is 4.74 Å². The monoisotopic (exact) mass is 696 g/mol.